The van der Waals surface area contributed by atoms with Crippen LogP contribution in [0.3, 0.4) is 0 Å². The van der Waals surface area contributed by atoms with E-state index in [-0.39, 0.29) is 0 Å². The van der Waals surface area contributed by atoms with Crippen molar-refractivity contribution < 1.29 is 0 Å². The molecule has 1 heterocycles. The van der Waals surface area contributed by atoms with Crippen LogP contribution in [0.2, 0.25) is 5.02 Å². The monoisotopic (exact) mass is 185 g/mol. The van der Waals surface area contributed by atoms with Gasteiger partial charge in [0.15, 0.2) is 0 Å². The third-order valence-electron chi connectivity index (χ3n) is 1.54. The summed E-state index contributed by atoms with van der Waals surface area (Å²) >= 11 is 5.87. The first-order chi connectivity index (χ1) is 5.75. The zero-order valence-electron chi connectivity index (χ0n) is 7.21. The van der Waals surface area contributed by atoms with Crippen molar-refractivity contribution in [3.05, 3.63) is 23.0 Å². The Morgan fingerprint density at radius 3 is 3.00 bits per heavy atom. The number of hydrogen-bond acceptors (Lipinski definition) is 2. The smallest absolute Gasteiger partial charge is 0.0859 e. The van der Waals surface area contributed by atoms with Crippen molar-refractivity contribution in [2.24, 2.45) is 7.05 Å². The van der Waals surface area contributed by atoms with E-state index in [0.29, 0.717) is 5.02 Å². The summed E-state index contributed by atoms with van der Waals surface area (Å²) in [6.07, 6.45) is 5.59. The molecule has 66 valence electrons. The molecule has 0 fully saturated rings. The molecule has 0 spiro atoms. The summed E-state index contributed by atoms with van der Waals surface area (Å²) in [6, 6.07) is 0. The van der Waals surface area contributed by atoms with Crippen molar-refractivity contribution in [2.75, 3.05) is 13.6 Å². The fraction of sp³-hybridized carbons (Fsp3) is 0.375. The van der Waals surface area contributed by atoms with Gasteiger partial charge in [0.1, 0.15) is 0 Å². The number of likely N-dealkylation sites (N-methyl/N-ethyl adjacent to an activating group) is 1. The van der Waals surface area contributed by atoms with E-state index >= 15 is 0 Å². The molecule has 0 aromatic carbocycles. The van der Waals surface area contributed by atoms with Gasteiger partial charge in [0, 0.05) is 13.6 Å². The molecule has 1 aromatic heterocycles. The molecular formula is C8H12ClN3. The van der Waals surface area contributed by atoms with Gasteiger partial charge in [0.2, 0.25) is 0 Å². The third kappa shape index (κ3) is 2.09. The van der Waals surface area contributed by atoms with Crippen LogP contribution in [0, 0.1) is 0 Å². The van der Waals surface area contributed by atoms with Gasteiger partial charge in [-0.05, 0) is 13.1 Å². The van der Waals surface area contributed by atoms with E-state index in [9.17, 15) is 0 Å². The molecule has 12 heavy (non-hydrogen) atoms. The van der Waals surface area contributed by atoms with Gasteiger partial charge in [-0.15, -0.1) is 0 Å². The highest BCUT2D eigenvalue weighted by molar-refractivity contribution is 6.31. The molecule has 0 radical (unpaired) electrons. The van der Waals surface area contributed by atoms with E-state index < -0.39 is 0 Å². The maximum atomic E-state index is 5.87. The second-order valence-corrected chi connectivity index (χ2v) is 2.87. The largest absolute Gasteiger partial charge is 0.316 e. The van der Waals surface area contributed by atoms with E-state index in [1.165, 1.54) is 0 Å². The molecule has 4 heteroatoms. The topological polar surface area (TPSA) is 29.9 Å². The van der Waals surface area contributed by atoms with Gasteiger partial charge < -0.3 is 5.32 Å². The molecule has 0 bridgehead atoms. The quantitative estimate of drug-likeness (QED) is 0.770. The second kappa shape index (κ2) is 4.28. The van der Waals surface area contributed by atoms with Crippen LogP contribution in [0.4, 0.5) is 0 Å². The third-order valence-corrected chi connectivity index (χ3v) is 1.83. The molecule has 0 unspecified atom stereocenters. The summed E-state index contributed by atoms with van der Waals surface area (Å²) in [5.41, 5.74) is 0.937. The second-order valence-electron chi connectivity index (χ2n) is 2.46. The summed E-state index contributed by atoms with van der Waals surface area (Å²) in [4.78, 5) is 0. The first kappa shape index (κ1) is 9.29. The van der Waals surface area contributed by atoms with Crippen LogP contribution in [0.5, 0.6) is 0 Å². The van der Waals surface area contributed by atoms with E-state index in [2.05, 4.69) is 10.4 Å². The number of rotatable bonds is 3. The molecular weight excluding hydrogens is 174 g/mol. The highest BCUT2D eigenvalue weighted by Crippen LogP contribution is 2.14. The summed E-state index contributed by atoms with van der Waals surface area (Å²) in [5, 5.41) is 7.70. The van der Waals surface area contributed by atoms with Crippen molar-refractivity contribution in [2.45, 2.75) is 0 Å². The molecule has 0 aliphatic heterocycles. The van der Waals surface area contributed by atoms with Crippen LogP contribution in [0.15, 0.2) is 12.3 Å². The van der Waals surface area contributed by atoms with Crippen molar-refractivity contribution in [3.63, 3.8) is 0 Å². The molecule has 1 rings (SSSR count). The fourth-order valence-corrected chi connectivity index (χ4v) is 1.13. The zero-order chi connectivity index (χ0) is 8.97. The number of aryl methyl sites for hydroxylation is 1. The standard InChI is InChI=1S/C8H12ClN3/c1-10-5-3-4-8-7(9)6-11-12(8)2/h3-4,6,10H,5H2,1-2H3/b4-3+. The summed E-state index contributed by atoms with van der Waals surface area (Å²) in [7, 11) is 3.76. The first-order valence-electron chi connectivity index (χ1n) is 3.74. The molecule has 0 amide bonds. The van der Waals surface area contributed by atoms with Gasteiger partial charge in [-0.3, -0.25) is 4.68 Å². The lowest BCUT2D eigenvalue weighted by molar-refractivity contribution is 0.759. The van der Waals surface area contributed by atoms with Crippen molar-refractivity contribution in [3.8, 4) is 0 Å². The lowest BCUT2D eigenvalue weighted by Gasteiger charge is -1.94. The average molecular weight is 186 g/mol. The number of hydrogen-bond donors (Lipinski definition) is 1. The molecule has 0 saturated carbocycles. The van der Waals surface area contributed by atoms with Crippen molar-refractivity contribution in [1.82, 2.24) is 15.1 Å². The van der Waals surface area contributed by atoms with Gasteiger partial charge in [-0.1, -0.05) is 17.7 Å². The number of nitrogens with one attached hydrogen (secondary N) is 1. The van der Waals surface area contributed by atoms with Gasteiger partial charge in [0.25, 0.3) is 0 Å². The van der Waals surface area contributed by atoms with E-state index in [4.69, 9.17) is 11.6 Å². The van der Waals surface area contributed by atoms with Gasteiger partial charge >= 0.3 is 0 Å². The molecule has 1 aromatic rings. The Morgan fingerprint density at radius 1 is 1.75 bits per heavy atom. The minimum absolute atomic E-state index is 0.685. The Labute approximate surface area is 77.0 Å². The molecule has 0 saturated heterocycles. The minimum atomic E-state index is 0.685. The predicted molar refractivity (Wildman–Crippen MR) is 51.2 cm³/mol. The SMILES string of the molecule is CNC/C=C/c1c(Cl)cnn1C. The summed E-state index contributed by atoms with van der Waals surface area (Å²) in [5.74, 6) is 0. The molecule has 0 aliphatic rings. The molecule has 0 aliphatic carbocycles. The molecule has 0 atom stereocenters. The average Bonchev–Trinajstić information content (AvgIpc) is 2.35. The van der Waals surface area contributed by atoms with Crippen LogP contribution in [-0.4, -0.2) is 23.4 Å². The van der Waals surface area contributed by atoms with Crippen molar-refractivity contribution >= 4 is 17.7 Å². The maximum absolute atomic E-state index is 5.87. The first-order valence-corrected chi connectivity index (χ1v) is 4.12. The van der Waals surface area contributed by atoms with Gasteiger partial charge in [0.05, 0.1) is 16.9 Å². The normalized spacial score (nSPS) is 11.2. The Bertz CT molecular complexity index is 258. The van der Waals surface area contributed by atoms with Crippen LogP contribution >= 0.6 is 11.6 Å². The molecule has 3 nitrogen and oxygen atoms in total. The van der Waals surface area contributed by atoms with E-state index in [0.717, 1.165) is 12.2 Å². The van der Waals surface area contributed by atoms with Gasteiger partial charge in [-0.25, -0.2) is 0 Å². The molecule has 1 N–H and O–H groups in total. The summed E-state index contributed by atoms with van der Waals surface area (Å²) < 4.78 is 1.74. The Hall–Kier alpha value is -0.800. The number of halogens is 1. The Kier molecular flexibility index (Phi) is 3.31. The fourth-order valence-electron chi connectivity index (χ4n) is 0.896. The highest BCUT2D eigenvalue weighted by atomic mass is 35.5. The predicted octanol–water partition coefficient (Wildman–Crippen LogP) is 1.31. The lowest BCUT2D eigenvalue weighted by atomic mass is 10.3. The van der Waals surface area contributed by atoms with Crippen LogP contribution in [-0.2, 0) is 7.05 Å². The maximum Gasteiger partial charge on any atom is 0.0859 e. The Balaban J connectivity index is 2.73. The van der Waals surface area contributed by atoms with E-state index in [1.54, 1.807) is 10.9 Å². The van der Waals surface area contributed by atoms with Crippen LogP contribution < -0.4 is 5.32 Å². The summed E-state index contributed by atoms with van der Waals surface area (Å²) in [6.45, 7) is 0.835. The lowest BCUT2D eigenvalue weighted by Crippen LogP contribution is -2.04. The minimum Gasteiger partial charge on any atom is -0.316 e. The number of aromatic nitrogens is 2. The zero-order valence-corrected chi connectivity index (χ0v) is 7.97. The van der Waals surface area contributed by atoms with Gasteiger partial charge in [-0.2, -0.15) is 5.10 Å². The highest BCUT2D eigenvalue weighted by Gasteiger charge is 2.00. The number of nitrogens with zero attached hydrogens (tertiary/aromatic N) is 2. The van der Waals surface area contributed by atoms with Crippen LogP contribution in [0.25, 0.3) is 6.08 Å². The Morgan fingerprint density at radius 2 is 2.50 bits per heavy atom. The van der Waals surface area contributed by atoms with E-state index in [1.807, 2.05) is 26.2 Å². The van der Waals surface area contributed by atoms with Crippen molar-refractivity contribution in [1.29, 1.82) is 0 Å². The van der Waals surface area contributed by atoms with Crippen LogP contribution in [0.1, 0.15) is 5.69 Å².